The molecule has 2 aromatic rings. The van der Waals surface area contributed by atoms with Crippen LogP contribution in [0.15, 0.2) is 48.5 Å². The van der Waals surface area contributed by atoms with Crippen molar-refractivity contribution in [1.29, 1.82) is 0 Å². The Balaban J connectivity index is 1.21. The van der Waals surface area contributed by atoms with Gasteiger partial charge in [0.25, 0.3) is 0 Å². The van der Waals surface area contributed by atoms with Crippen molar-refractivity contribution in [3.8, 4) is 5.75 Å². The van der Waals surface area contributed by atoms with E-state index in [0.717, 1.165) is 49.5 Å². The number of aliphatic hydroxyl groups is 1. The molecule has 2 fully saturated rings. The highest BCUT2D eigenvalue weighted by Gasteiger charge is 2.35. The van der Waals surface area contributed by atoms with Crippen LogP contribution in [0.3, 0.4) is 0 Å². The number of methoxy groups -OCH3 is 1. The molecule has 2 aliphatic heterocycles. The standard InChI is InChI=1S/C24H29FN2O4/c1-30-21-10-8-20(9-11-21)27-17-22(31-23(27)28)3-2-14-26-15-12-24(29,13-16-26)18-4-6-19(25)7-5-18/h4-11,22,29H,2-3,12-17H2,1H3. The molecule has 7 heteroatoms. The summed E-state index contributed by atoms with van der Waals surface area (Å²) in [5.74, 6) is 0.462. The molecule has 166 valence electrons. The molecule has 0 spiro atoms. The van der Waals surface area contributed by atoms with Crippen LogP contribution < -0.4 is 9.64 Å². The minimum absolute atomic E-state index is 0.115. The highest BCUT2D eigenvalue weighted by molar-refractivity contribution is 5.89. The predicted molar refractivity (Wildman–Crippen MR) is 116 cm³/mol. The monoisotopic (exact) mass is 428 g/mol. The smallest absolute Gasteiger partial charge is 0.414 e. The van der Waals surface area contributed by atoms with Crippen molar-refractivity contribution in [3.05, 3.63) is 59.9 Å². The third-order valence-corrected chi connectivity index (χ3v) is 6.32. The zero-order valence-electron chi connectivity index (χ0n) is 17.8. The predicted octanol–water partition coefficient (Wildman–Crippen LogP) is 3.92. The van der Waals surface area contributed by atoms with E-state index in [-0.39, 0.29) is 18.0 Å². The van der Waals surface area contributed by atoms with E-state index in [0.29, 0.717) is 19.4 Å². The Morgan fingerprint density at radius 3 is 2.45 bits per heavy atom. The van der Waals surface area contributed by atoms with E-state index in [9.17, 15) is 14.3 Å². The number of benzene rings is 2. The molecule has 2 aliphatic rings. The van der Waals surface area contributed by atoms with Gasteiger partial charge in [-0.25, -0.2) is 9.18 Å². The fourth-order valence-corrected chi connectivity index (χ4v) is 4.38. The average molecular weight is 429 g/mol. The highest BCUT2D eigenvalue weighted by atomic mass is 19.1. The van der Waals surface area contributed by atoms with Gasteiger partial charge in [-0.2, -0.15) is 0 Å². The van der Waals surface area contributed by atoms with Crippen molar-refractivity contribution in [1.82, 2.24) is 4.90 Å². The quantitative estimate of drug-likeness (QED) is 0.724. The van der Waals surface area contributed by atoms with Crippen LogP contribution in [-0.4, -0.2) is 55.5 Å². The zero-order chi connectivity index (χ0) is 21.8. The molecule has 1 unspecified atom stereocenters. The van der Waals surface area contributed by atoms with Crippen molar-refractivity contribution >= 4 is 11.8 Å². The van der Waals surface area contributed by atoms with Crippen LogP contribution >= 0.6 is 0 Å². The zero-order valence-corrected chi connectivity index (χ0v) is 17.8. The molecule has 2 saturated heterocycles. The van der Waals surface area contributed by atoms with E-state index in [1.165, 1.54) is 12.1 Å². The van der Waals surface area contributed by atoms with E-state index in [1.807, 2.05) is 24.3 Å². The van der Waals surface area contributed by atoms with E-state index in [1.54, 1.807) is 24.1 Å². The lowest BCUT2D eigenvalue weighted by molar-refractivity contribution is -0.0265. The van der Waals surface area contributed by atoms with Gasteiger partial charge < -0.3 is 19.5 Å². The number of anilines is 1. The molecule has 31 heavy (non-hydrogen) atoms. The summed E-state index contributed by atoms with van der Waals surface area (Å²) in [6.45, 7) is 3.03. The molecule has 0 bridgehead atoms. The number of likely N-dealkylation sites (tertiary alicyclic amines) is 1. The minimum Gasteiger partial charge on any atom is -0.497 e. The summed E-state index contributed by atoms with van der Waals surface area (Å²) in [6.07, 6.45) is 2.55. The first kappa shape index (κ1) is 21.6. The molecule has 0 aliphatic carbocycles. The van der Waals surface area contributed by atoms with Gasteiger partial charge in [0.1, 0.15) is 17.7 Å². The van der Waals surface area contributed by atoms with E-state index in [4.69, 9.17) is 9.47 Å². The molecule has 1 atom stereocenters. The molecule has 2 aromatic carbocycles. The molecule has 0 aromatic heterocycles. The number of cyclic esters (lactones) is 1. The molecule has 0 radical (unpaired) electrons. The van der Waals surface area contributed by atoms with Crippen molar-refractivity contribution in [3.63, 3.8) is 0 Å². The van der Waals surface area contributed by atoms with Crippen molar-refractivity contribution in [2.45, 2.75) is 37.4 Å². The molecular formula is C24H29FN2O4. The maximum Gasteiger partial charge on any atom is 0.414 e. The topological polar surface area (TPSA) is 62.2 Å². The lowest BCUT2D eigenvalue weighted by Gasteiger charge is -2.38. The largest absolute Gasteiger partial charge is 0.497 e. The number of nitrogens with zero attached hydrogens (tertiary/aromatic N) is 2. The summed E-state index contributed by atoms with van der Waals surface area (Å²) in [5.41, 5.74) is 0.707. The third kappa shape index (κ3) is 4.99. The number of halogens is 1. The summed E-state index contributed by atoms with van der Waals surface area (Å²) >= 11 is 0. The number of hydrogen-bond acceptors (Lipinski definition) is 5. The maximum atomic E-state index is 13.2. The Morgan fingerprint density at radius 1 is 1.13 bits per heavy atom. The van der Waals surface area contributed by atoms with Gasteiger partial charge in [0.2, 0.25) is 0 Å². The van der Waals surface area contributed by atoms with Crippen LogP contribution in [0.1, 0.15) is 31.2 Å². The number of amides is 1. The SMILES string of the molecule is COc1ccc(N2CC(CCCN3CCC(O)(c4ccc(F)cc4)CC3)OC2=O)cc1. The van der Waals surface area contributed by atoms with Crippen LogP contribution in [0.25, 0.3) is 0 Å². The van der Waals surface area contributed by atoms with Gasteiger partial charge in [0.15, 0.2) is 0 Å². The summed E-state index contributed by atoms with van der Waals surface area (Å²) in [7, 11) is 1.61. The van der Waals surface area contributed by atoms with Crippen molar-refractivity contribution < 1.29 is 23.8 Å². The summed E-state index contributed by atoms with van der Waals surface area (Å²) in [5, 5.41) is 10.9. The first-order chi connectivity index (χ1) is 15.0. The van der Waals surface area contributed by atoms with E-state index < -0.39 is 5.60 Å². The Bertz CT molecular complexity index is 879. The van der Waals surface area contributed by atoms with Crippen molar-refractivity contribution in [2.24, 2.45) is 0 Å². The summed E-state index contributed by atoms with van der Waals surface area (Å²) in [4.78, 5) is 16.2. The molecular weight excluding hydrogens is 399 g/mol. The Labute approximate surface area is 182 Å². The van der Waals surface area contributed by atoms with E-state index >= 15 is 0 Å². The van der Waals surface area contributed by atoms with Gasteiger partial charge in [-0.05, 0) is 74.2 Å². The lowest BCUT2D eigenvalue weighted by atomic mass is 9.84. The molecule has 1 N–H and O–H groups in total. The normalized spacial score (nSPS) is 21.2. The van der Waals surface area contributed by atoms with Crippen molar-refractivity contribution in [2.75, 3.05) is 38.2 Å². The van der Waals surface area contributed by atoms with Gasteiger partial charge in [-0.1, -0.05) is 12.1 Å². The van der Waals surface area contributed by atoms with Crippen LogP contribution in [0.2, 0.25) is 0 Å². The lowest BCUT2D eigenvalue weighted by Crippen LogP contribution is -2.43. The molecule has 2 heterocycles. The average Bonchev–Trinajstić information content (AvgIpc) is 3.16. The fourth-order valence-electron chi connectivity index (χ4n) is 4.38. The van der Waals surface area contributed by atoms with Gasteiger partial charge in [-0.15, -0.1) is 0 Å². The first-order valence-electron chi connectivity index (χ1n) is 10.8. The van der Waals surface area contributed by atoms with Crippen LogP contribution in [-0.2, 0) is 10.3 Å². The summed E-state index contributed by atoms with van der Waals surface area (Å²) in [6, 6.07) is 13.5. The highest BCUT2D eigenvalue weighted by Crippen LogP contribution is 2.33. The van der Waals surface area contributed by atoms with Crippen LogP contribution in [0.4, 0.5) is 14.9 Å². The molecule has 1 amide bonds. The second kappa shape index (κ2) is 9.24. The van der Waals surface area contributed by atoms with Gasteiger partial charge >= 0.3 is 6.09 Å². The van der Waals surface area contributed by atoms with Crippen LogP contribution in [0, 0.1) is 5.82 Å². The number of carbonyl (C=O) groups is 1. The second-order valence-electron chi connectivity index (χ2n) is 8.34. The van der Waals surface area contributed by atoms with Gasteiger partial charge in [0, 0.05) is 18.8 Å². The first-order valence-corrected chi connectivity index (χ1v) is 10.8. The molecule has 4 rings (SSSR count). The minimum atomic E-state index is -0.885. The Kier molecular flexibility index (Phi) is 6.43. The molecule has 0 saturated carbocycles. The second-order valence-corrected chi connectivity index (χ2v) is 8.34. The number of carbonyl (C=O) groups excluding carboxylic acids is 1. The fraction of sp³-hybridized carbons (Fsp3) is 0.458. The number of piperidine rings is 1. The third-order valence-electron chi connectivity index (χ3n) is 6.32. The van der Waals surface area contributed by atoms with E-state index in [2.05, 4.69) is 4.90 Å². The number of ether oxygens (including phenoxy) is 2. The van der Waals surface area contributed by atoms with Gasteiger partial charge in [-0.3, -0.25) is 4.90 Å². The van der Waals surface area contributed by atoms with Crippen LogP contribution in [0.5, 0.6) is 5.75 Å². The maximum absolute atomic E-state index is 13.2. The Morgan fingerprint density at radius 2 is 1.81 bits per heavy atom. The Hall–Kier alpha value is -2.64. The number of rotatable bonds is 7. The molecule has 6 nitrogen and oxygen atoms in total. The van der Waals surface area contributed by atoms with Gasteiger partial charge in [0.05, 0.1) is 19.3 Å². The summed E-state index contributed by atoms with van der Waals surface area (Å²) < 4.78 is 23.9. The number of hydrogen-bond donors (Lipinski definition) is 1.